The van der Waals surface area contributed by atoms with E-state index in [1.165, 1.54) is 24.3 Å². The van der Waals surface area contributed by atoms with Crippen LogP contribution in [0.5, 0.6) is 0 Å². The molecule has 0 radical (unpaired) electrons. The maximum atomic E-state index is 12.2. The van der Waals surface area contributed by atoms with Crippen LogP contribution in [0.25, 0.3) is 6.08 Å². The smallest absolute Gasteiger partial charge is 0.363 e. The van der Waals surface area contributed by atoms with Gasteiger partial charge in [-0.15, -0.1) is 0 Å². The van der Waals surface area contributed by atoms with Crippen LogP contribution in [0.1, 0.15) is 36.4 Å². The van der Waals surface area contributed by atoms with Crippen LogP contribution in [-0.2, 0) is 26.6 Å². The van der Waals surface area contributed by atoms with E-state index in [1.807, 2.05) is 6.92 Å². The number of nitrogens with zero attached hydrogens (tertiary/aromatic N) is 3. The number of aliphatic imine (C=N–C) groups is 1. The lowest BCUT2D eigenvalue weighted by Crippen LogP contribution is -2.30. The molecule has 0 unspecified atom stereocenters. The van der Waals surface area contributed by atoms with Gasteiger partial charge in [-0.3, -0.25) is 0 Å². The second-order valence-electron chi connectivity index (χ2n) is 6.88. The molecule has 0 saturated carbocycles. The van der Waals surface area contributed by atoms with E-state index in [-0.39, 0.29) is 22.5 Å². The molecule has 0 aliphatic carbocycles. The van der Waals surface area contributed by atoms with Crippen LogP contribution in [0.3, 0.4) is 0 Å². The van der Waals surface area contributed by atoms with Crippen molar-refractivity contribution in [3.05, 3.63) is 58.5 Å². The van der Waals surface area contributed by atoms with Gasteiger partial charge in [-0.25, -0.2) is 22.9 Å². The van der Waals surface area contributed by atoms with Crippen LogP contribution in [0, 0.1) is 18.3 Å². The lowest BCUT2D eigenvalue weighted by Gasteiger charge is -2.09. The number of carbonyl (C=O) groups excluding carboxylic acids is 1. The highest BCUT2D eigenvalue weighted by molar-refractivity contribution is 7.89. The number of carbonyl (C=O) groups is 1. The molecule has 0 spiro atoms. The first-order chi connectivity index (χ1) is 13.6. The quantitative estimate of drug-likeness (QED) is 0.598. The van der Waals surface area contributed by atoms with Crippen molar-refractivity contribution in [1.29, 1.82) is 5.26 Å². The molecule has 0 bridgehead atoms. The van der Waals surface area contributed by atoms with Crippen molar-refractivity contribution >= 4 is 28.0 Å². The minimum Gasteiger partial charge on any atom is -0.402 e. The Bertz CT molecular complexity index is 1180. The van der Waals surface area contributed by atoms with Gasteiger partial charge in [0, 0.05) is 24.3 Å². The monoisotopic (exact) mass is 412 g/mol. The number of sulfonamides is 1. The zero-order chi connectivity index (χ0) is 21.3. The Hall–Kier alpha value is -3.22. The molecular formula is C20H20N4O4S. The van der Waals surface area contributed by atoms with Crippen LogP contribution >= 0.6 is 0 Å². The van der Waals surface area contributed by atoms with Crippen molar-refractivity contribution in [3.63, 3.8) is 0 Å². The van der Waals surface area contributed by atoms with E-state index in [9.17, 15) is 13.2 Å². The first-order valence-corrected chi connectivity index (χ1v) is 10.3. The minimum absolute atomic E-state index is 0.0936. The molecular weight excluding hydrogens is 392 g/mol. The fourth-order valence-electron chi connectivity index (χ4n) is 2.81. The molecule has 8 nitrogen and oxygen atoms in total. The summed E-state index contributed by atoms with van der Waals surface area (Å²) < 4.78 is 33.9. The number of cyclic esters (lactones) is 1. The van der Waals surface area contributed by atoms with Gasteiger partial charge in [0.2, 0.25) is 15.9 Å². The maximum Gasteiger partial charge on any atom is 0.363 e. The van der Waals surface area contributed by atoms with Crippen molar-refractivity contribution in [2.75, 3.05) is 0 Å². The summed E-state index contributed by atoms with van der Waals surface area (Å²) in [6, 6.07) is 9.45. The second-order valence-corrected chi connectivity index (χ2v) is 8.59. The minimum atomic E-state index is -3.61. The average Bonchev–Trinajstić information content (AvgIpc) is 3.15. The normalized spacial score (nSPS) is 15.5. The highest BCUT2D eigenvalue weighted by atomic mass is 32.2. The Kier molecular flexibility index (Phi) is 5.42. The molecule has 1 N–H and O–H groups in total. The van der Waals surface area contributed by atoms with Crippen molar-refractivity contribution in [2.45, 2.75) is 31.7 Å². The molecule has 1 aromatic heterocycles. The molecule has 9 heteroatoms. The predicted octanol–water partition coefficient (Wildman–Crippen LogP) is 2.24. The van der Waals surface area contributed by atoms with Gasteiger partial charge in [0.15, 0.2) is 5.70 Å². The molecule has 29 heavy (non-hydrogen) atoms. The number of nitriles is 1. The number of esters is 1. The topological polar surface area (TPSA) is 114 Å². The van der Waals surface area contributed by atoms with E-state index >= 15 is 0 Å². The van der Waals surface area contributed by atoms with Crippen LogP contribution < -0.4 is 4.72 Å². The Balaban J connectivity index is 1.90. The van der Waals surface area contributed by atoms with Crippen LogP contribution in [0.2, 0.25) is 0 Å². The van der Waals surface area contributed by atoms with Gasteiger partial charge in [0.05, 0.1) is 4.90 Å². The highest BCUT2D eigenvalue weighted by Gasteiger charge is 2.25. The summed E-state index contributed by atoms with van der Waals surface area (Å²) in [5, 5.41) is 9.13. The zero-order valence-electron chi connectivity index (χ0n) is 16.4. The van der Waals surface area contributed by atoms with Gasteiger partial charge in [0.25, 0.3) is 0 Å². The molecule has 2 aromatic rings. The largest absolute Gasteiger partial charge is 0.402 e. The Morgan fingerprint density at radius 2 is 1.93 bits per heavy atom. The highest BCUT2D eigenvalue weighted by Crippen LogP contribution is 2.23. The third kappa shape index (κ3) is 4.13. The van der Waals surface area contributed by atoms with E-state index in [1.54, 1.807) is 37.6 Å². The SMILES string of the molecule is Cc1c(/C=C2\N=C(c3ccc(S(=O)(=O)NC(C)C)cc3)OC2=O)cc(C#N)n1C. The molecule has 1 aliphatic heterocycles. The lowest BCUT2D eigenvalue weighted by molar-refractivity contribution is -0.129. The molecule has 0 atom stereocenters. The summed E-state index contributed by atoms with van der Waals surface area (Å²) in [6.07, 6.45) is 1.57. The van der Waals surface area contributed by atoms with E-state index in [2.05, 4.69) is 15.8 Å². The van der Waals surface area contributed by atoms with Crippen molar-refractivity contribution in [3.8, 4) is 6.07 Å². The molecule has 150 valence electrons. The van der Waals surface area contributed by atoms with Gasteiger partial charge in [0.1, 0.15) is 11.8 Å². The molecule has 1 aromatic carbocycles. The Morgan fingerprint density at radius 1 is 1.28 bits per heavy atom. The summed E-state index contributed by atoms with van der Waals surface area (Å²) in [5.41, 5.74) is 2.57. The van der Waals surface area contributed by atoms with Crippen molar-refractivity contribution in [1.82, 2.24) is 9.29 Å². The van der Waals surface area contributed by atoms with E-state index in [0.717, 1.165) is 5.69 Å². The predicted molar refractivity (Wildman–Crippen MR) is 107 cm³/mol. The van der Waals surface area contributed by atoms with E-state index in [0.29, 0.717) is 16.8 Å². The number of hydrogen-bond donors (Lipinski definition) is 1. The summed E-state index contributed by atoms with van der Waals surface area (Å²) in [5.74, 6) is -0.518. The van der Waals surface area contributed by atoms with Gasteiger partial charge >= 0.3 is 5.97 Å². The number of rotatable bonds is 5. The zero-order valence-corrected chi connectivity index (χ0v) is 17.2. The number of aromatic nitrogens is 1. The van der Waals surface area contributed by atoms with Gasteiger partial charge in [-0.1, -0.05) is 0 Å². The number of benzene rings is 1. The van der Waals surface area contributed by atoms with Gasteiger partial charge in [-0.05, 0) is 62.7 Å². The van der Waals surface area contributed by atoms with Crippen LogP contribution in [0.15, 0.2) is 45.9 Å². The van der Waals surface area contributed by atoms with E-state index in [4.69, 9.17) is 10.00 Å². The van der Waals surface area contributed by atoms with Gasteiger partial charge in [-0.2, -0.15) is 5.26 Å². The average molecular weight is 412 g/mol. The van der Waals surface area contributed by atoms with Crippen molar-refractivity contribution < 1.29 is 17.9 Å². The fraction of sp³-hybridized carbons (Fsp3) is 0.250. The number of hydrogen-bond acceptors (Lipinski definition) is 6. The summed E-state index contributed by atoms with van der Waals surface area (Å²) in [4.78, 5) is 16.5. The summed E-state index contributed by atoms with van der Waals surface area (Å²) in [7, 11) is -1.84. The standard InChI is InChI=1S/C20H20N4O4S/c1-12(2)23-29(26,27)17-7-5-14(6-8-17)19-22-18(20(25)28-19)10-15-9-16(11-21)24(4)13(15)3/h5-10,12,23H,1-4H3/b18-10-. The molecule has 1 aliphatic rings. The lowest BCUT2D eigenvalue weighted by atomic mass is 10.2. The Morgan fingerprint density at radius 3 is 2.48 bits per heavy atom. The van der Waals surface area contributed by atoms with Gasteiger partial charge < -0.3 is 9.30 Å². The number of ether oxygens (including phenoxy) is 1. The van der Waals surface area contributed by atoms with Crippen LogP contribution in [-0.4, -0.2) is 30.9 Å². The Labute approximate surface area is 169 Å². The van der Waals surface area contributed by atoms with Crippen molar-refractivity contribution in [2.24, 2.45) is 12.0 Å². The molecule has 2 heterocycles. The first-order valence-electron chi connectivity index (χ1n) is 8.84. The third-order valence-electron chi connectivity index (χ3n) is 4.40. The van der Waals surface area contributed by atoms with E-state index < -0.39 is 16.0 Å². The number of nitrogens with one attached hydrogen (secondary N) is 1. The molecule has 3 rings (SSSR count). The molecule has 0 fully saturated rings. The molecule has 0 amide bonds. The molecule has 0 saturated heterocycles. The summed E-state index contributed by atoms with van der Waals surface area (Å²) in [6.45, 7) is 5.31. The first kappa shape index (κ1) is 20.5. The third-order valence-corrected chi connectivity index (χ3v) is 6.08. The second kappa shape index (κ2) is 7.66. The summed E-state index contributed by atoms with van der Waals surface area (Å²) >= 11 is 0. The van der Waals surface area contributed by atoms with Crippen LogP contribution in [0.4, 0.5) is 0 Å². The maximum absolute atomic E-state index is 12.2. The fourth-order valence-corrected chi connectivity index (χ4v) is 4.06.